The summed E-state index contributed by atoms with van der Waals surface area (Å²) in [6.45, 7) is 1.53. The van der Waals surface area contributed by atoms with Gasteiger partial charge in [-0.25, -0.2) is 8.42 Å². The van der Waals surface area contributed by atoms with E-state index in [2.05, 4.69) is 10.3 Å². The van der Waals surface area contributed by atoms with E-state index < -0.39 is 10.0 Å². The van der Waals surface area contributed by atoms with Crippen LogP contribution >= 0.6 is 0 Å². The second kappa shape index (κ2) is 8.42. The van der Waals surface area contributed by atoms with Crippen molar-refractivity contribution in [2.75, 3.05) is 19.6 Å². The van der Waals surface area contributed by atoms with Crippen LogP contribution in [0.25, 0.3) is 0 Å². The number of benzene rings is 1. The van der Waals surface area contributed by atoms with E-state index in [-0.39, 0.29) is 10.8 Å². The Morgan fingerprint density at radius 3 is 2.62 bits per heavy atom. The number of piperidine rings is 1. The first-order chi connectivity index (χ1) is 12.6. The normalized spacial score (nSPS) is 15.5. The Hall–Kier alpha value is -2.25. The number of carbonyl (C=O) groups excluding carboxylic acids is 1. The second-order valence-electron chi connectivity index (χ2n) is 6.32. The molecular formula is C19H23N3O3S. The highest BCUT2D eigenvalue weighted by Gasteiger charge is 2.26. The zero-order valence-corrected chi connectivity index (χ0v) is 15.4. The van der Waals surface area contributed by atoms with Crippen LogP contribution in [0.15, 0.2) is 53.6 Å². The second-order valence-corrected chi connectivity index (χ2v) is 8.26. The molecule has 0 atom stereocenters. The van der Waals surface area contributed by atoms with Crippen molar-refractivity contribution >= 4 is 15.9 Å². The van der Waals surface area contributed by atoms with Gasteiger partial charge in [-0.15, -0.1) is 0 Å². The Balaban J connectivity index is 1.65. The van der Waals surface area contributed by atoms with Gasteiger partial charge in [-0.1, -0.05) is 18.6 Å². The van der Waals surface area contributed by atoms with E-state index in [9.17, 15) is 13.2 Å². The number of amides is 1. The van der Waals surface area contributed by atoms with Crippen molar-refractivity contribution in [2.24, 2.45) is 0 Å². The van der Waals surface area contributed by atoms with Crippen LogP contribution in [-0.4, -0.2) is 43.2 Å². The fourth-order valence-corrected chi connectivity index (χ4v) is 4.57. The summed E-state index contributed by atoms with van der Waals surface area (Å²) in [6, 6.07) is 11.9. The van der Waals surface area contributed by atoms with Crippen molar-refractivity contribution in [1.29, 1.82) is 0 Å². The van der Waals surface area contributed by atoms with Crippen molar-refractivity contribution in [3.63, 3.8) is 0 Å². The lowest BCUT2D eigenvalue weighted by molar-refractivity contribution is 0.0954. The number of nitrogens with zero attached hydrogens (tertiary/aromatic N) is 2. The van der Waals surface area contributed by atoms with Crippen LogP contribution in [0.4, 0.5) is 0 Å². The highest BCUT2D eigenvalue weighted by atomic mass is 32.2. The van der Waals surface area contributed by atoms with Crippen molar-refractivity contribution in [1.82, 2.24) is 14.6 Å². The molecule has 1 aromatic heterocycles. The summed E-state index contributed by atoms with van der Waals surface area (Å²) in [7, 11) is -3.54. The van der Waals surface area contributed by atoms with E-state index in [1.54, 1.807) is 24.4 Å². The summed E-state index contributed by atoms with van der Waals surface area (Å²) >= 11 is 0. The Labute approximate surface area is 154 Å². The van der Waals surface area contributed by atoms with E-state index in [4.69, 9.17) is 0 Å². The summed E-state index contributed by atoms with van der Waals surface area (Å²) in [5, 5.41) is 2.82. The zero-order chi connectivity index (χ0) is 18.4. The quantitative estimate of drug-likeness (QED) is 0.842. The number of sulfonamides is 1. The van der Waals surface area contributed by atoms with Gasteiger partial charge in [0.25, 0.3) is 5.91 Å². The SMILES string of the molecule is O=C(NCCc1ccccn1)c1cccc(S(=O)(=O)N2CCCCC2)c1. The molecule has 138 valence electrons. The first kappa shape index (κ1) is 18.5. The fourth-order valence-electron chi connectivity index (χ4n) is 3.00. The Morgan fingerprint density at radius 2 is 1.88 bits per heavy atom. The fraction of sp³-hybridized carbons (Fsp3) is 0.368. The van der Waals surface area contributed by atoms with E-state index in [1.165, 1.54) is 10.4 Å². The molecule has 0 spiro atoms. The third kappa shape index (κ3) is 4.47. The maximum absolute atomic E-state index is 12.7. The monoisotopic (exact) mass is 373 g/mol. The van der Waals surface area contributed by atoms with Gasteiger partial charge < -0.3 is 5.32 Å². The highest BCUT2D eigenvalue weighted by Crippen LogP contribution is 2.21. The molecule has 1 saturated heterocycles. The minimum atomic E-state index is -3.54. The van der Waals surface area contributed by atoms with Gasteiger partial charge in [0.15, 0.2) is 0 Å². The van der Waals surface area contributed by atoms with Gasteiger partial charge in [-0.2, -0.15) is 4.31 Å². The predicted octanol–water partition coefficient (Wildman–Crippen LogP) is 2.23. The number of hydrogen-bond donors (Lipinski definition) is 1. The maximum Gasteiger partial charge on any atom is 0.251 e. The Morgan fingerprint density at radius 1 is 1.08 bits per heavy atom. The van der Waals surface area contributed by atoms with Crippen LogP contribution in [0.5, 0.6) is 0 Å². The maximum atomic E-state index is 12.7. The number of carbonyl (C=O) groups is 1. The van der Waals surface area contributed by atoms with E-state index >= 15 is 0 Å². The summed E-state index contributed by atoms with van der Waals surface area (Å²) in [6.07, 6.45) is 5.16. The first-order valence-corrected chi connectivity index (χ1v) is 10.3. The molecule has 0 saturated carbocycles. The van der Waals surface area contributed by atoms with Gasteiger partial charge >= 0.3 is 0 Å². The summed E-state index contributed by atoms with van der Waals surface area (Å²) in [5.41, 5.74) is 1.25. The van der Waals surface area contributed by atoms with Crippen LogP contribution in [0.3, 0.4) is 0 Å². The minimum Gasteiger partial charge on any atom is -0.352 e. The lowest BCUT2D eigenvalue weighted by Crippen LogP contribution is -2.35. The lowest BCUT2D eigenvalue weighted by Gasteiger charge is -2.26. The molecule has 1 aliphatic heterocycles. The first-order valence-electron chi connectivity index (χ1n) is 8.86. The molecule has 6 nitrogen and oxygen atoms in total. The largest absolute Gasteiger partial charge is 0.352 e. The molecule has 1 aromatic carbocycles. The molecule has 0 unspecified atom stereocenters. The van der Waals surface area contributed by atoms with Gasteiger partial charge in [0.05, 0.1) is 4.90 Å². The third-order valence-corrected chi connectivity index (χ3v) is 6.34. The Kier molecular flexibility index (Phi) is 6.00. The predicted molar refractivity (Wildman–Crippen MR) is 99.3 cm³/mol. The molecule has 0 bridgehead atoms. The van der Waals surface area contributed by atoms with Crippen LogP contribution in [0.1, 0.15) is 35.3 Å². The number of aromatic nitrogens is 1. The molecule has 2 aromatic rings. The lowest BCUT2D eigenvalue weighted by atomic mass is 10.2. The average molecular weight is 373 g/mol. The van der Waals surface area contributed by atoms with Crippen LogP contribution in [0.2, 0.25) is 0 Å². The van der Waals surface area contributed by atoms with Crippen LogP contribution < -0.4 is 5.32 Å². The van der Waals surface area contributed by atoms with Crippen LogP contribution in [-0.2, 0) is 16.4 Å². The summed E-state index contributed by atoms with van der Waals surface area (Å²) in [5.74, 6) is -0.281. The van der Waals surface area contributed by atoms with Gasteiger partial charge in [0.2, 0.25) is 10.0 Å². The van der Waals surface area contributed by atoms with Gasteiger partial charge in [-0.05, 0) is 43.2 Å². The van der Waals surface area contributed by atoms with E-state index in [0.29, 0.717) is 31.6 Å². The number of hydrogen-bond acceptors (Lipinski definition) is 4. The van der Waals surface area contributed by atoms with Crippen molar-refractivity contribution in [3.05, 3.63) is 59.9 Å². The van der Waals surface area contributed by atoms with Crippen molar-refractivity contribution in [2.45, 2.75) is 30.6 Å². The summed E-state index contributed by atoms with van der Waals surface area (Å²) < 4.78 is 27.0. The minimum absolute atomic E-state index is 0.178. The molecule has 0 radical (unpaired) electrons. The molecule has 1 aliphatic rings. The number of rotatable bonds is 6. The summed E-state index contributed by atoms with van der Waals surface area (Å²) in [4.78, 5) is 16.7. The van der Waals surface area contributed by atoms with E-state index in [1.807, 2.05) is 18.2 Å². The molecule has 7 heteroatoms. The molecule has 2 heterocycles. The van der Waals surface area contributed by atoms with Gasteiger partial charge in [0.1, 0.15) is 0 Å². The number of nitrogens with one attached hydrogen (secondary N) is 1. The molecule has 3 rings (SSSR count). The van der Waals surface area contributed by atoms with Crippen LogP contribution in [0, 0.1) is 0 Å². The molecule has 26 heavy (non-hydrogen) atoms. The Bertz CT molecular complexity index is 847. The molecule has 0 aliphatic carbocycles. The highest BCUT2D eigenvalue weighted by molar-refractivity contribution is 7.89. The molecule has 1 N–H and O–H groups in total. The zero-order valence-electron chi connectivity index (χ0n) is 14.6. The van der Waals surface area contributed by atoms with Crippen molar-refractivity contribution < 1.29 is 13.2 Å². The third-order valence-electron chi connectivity index (χ3n) is 4.44. The number of pyridine rings is 1. The molecular weight excluding hydrogens is 350 g/mol. The average Bonchev–Trinajstić information content (AvgIpc) is 2.69. The molecule has 1 fully saturated rings. The topological polar surface area (TPSA) is 79.4 Å². The van der Waals surface area contributed by atoms with Gasteiger partial charge in [0, 0.05) is 43.5 Å². The standard InChI is InChI=1S/C19H23N3O3S/c23-19(21-12-10-17-8-2-3-11-20-17)16-7-6-9-18(15-16)26(24,25)22-13-4-1-5-14-22/h2-3,6-9,11,15H,1,4-5,10,12-14H2,(H,21,23). The van der Waals surface area contributed by atoms with E-state index in [0.717, 1.165) is 25.0 Å². The molecule has 1 amide bonds. The van der Waals surface area contributed by atoms with Gasteiger partial charge in [-0.3, -0.25) is 9.78 Å². The van der Waals surface area contributed by atoms with Crippen molar-refractivity contribution in [3.8, 4) is 0 Å². The smallest absolute Gasteiger partial charge is 0.251 e.